The van der Waals surface area contributed by atoms with Crippen LogP contribution in [-0.4, -0.2) is 54.5 Å². The fourth-order valence-electron chi connectivity index (χ4n) is 3.28. The smallest absolute Gasteiger partial charge is 0.370 e. The molecule has 1 aromatic rings. The number of amides is 1. The summed E-state index contributed by atoms with van der Waals surface area (Å²) >= 11 is 0. The second-order valence-electron chi connectivity index (χ2n) is 7.07. The van der Waals surface area contributed by atoms with E-state index in [4.69, 9.17) is 5.73 Å². The summed E-state index contributed by atoms with van der Waals surface area (Å²) in [6, 6.07) is 2.33. The molecule has 11 heteroatoms. The Labute approximate surface area is 192 Å². The number of carbonyl (C=O) groups is 1. The first kappa shape index (κ1) is 26.2. The maximum absolute atomic E-state index is 12.5. The second-order valence-corrected chi connectivity index (χ2v) is 7.07. The fraction of sp³-hybridized carbons (Fsp3) is 0.632. The SMILES string of the molecule is CCNC(=NCCCNc1ccc(C(F)(F)F)cn1)N1CCCC(CC(N)=O)C1.I. The monoisotopic (exact) mass is 542 g/mol. The van der Waals surface area contributed by atoms with Crippen molar-refractivity contribution >= 4 is 41.7 Å². The lowest BCUT2D eigenvalue weighted by molar-refractivity contribution is -0.137. The van der Waals surface area contributed by atoms with Crippen LogP contribution in [0.3, 0.4) is 0 Å². The predicted molar refractivity (Wildman–Crippen MR) is 122 cm³/mol. The Bertz CT molecular complexity index is 684. The molecule has 2 rings (SSSR count). The number of hydrogen-bond donors (Lipinski definition) is 3. The van der Waals surface area contributed by atoms with E-state index < -0.39 is 11.7 Å². The molecule has 1 aliphatic rings. The molecule has 0 bridgehead atoms. The number of piperidine rings is 1. The van der Waals surface area contributed by atoms with Crippen LogP contribution in [0.5, 0.6) is 0 Å². The molecule has 0 aliphatic carbocycles. The maximum Gasteiger partial charge on any atom is 0.417 e. The van der Waals surface area contributed by atoms with E-state index in [2.05, 4.69) is 25.5 Å². The van der Waals surface area contributed by atoms with Crippen LogP contribution < -0.4 is 16.4 Å². The largest absolute Gasteiger partial charge is 0.417 e. The van der Waals surface area contributed by atoms with E-state index in [0.29, 0.717) is 31.7 Å². The van der Waals surface area contributed by atoms with Crippen LogP contribution in [0.15, 0.2) is 23.3 Å². The summed E-state index contributed by atoms with van der Waals surface area (Å²) in [6.07, 6.45) is -0.487. The van der Waals surface area contributed by atoms with Gasteiger partial charge in [-0.2, -0.15) is 13.2 Å². The molecule has 0 spiro atoms. The summed E-state index contributed by atoms with van der Waals surface area (Å²) < 4.78 is 37.6. The van der Waals surface area contributed by atoms with Crippen LogP contribution in [-0.2, 0) is 11.0 Å². The van der Waals surface area contributed by atoms with Gasteiger partial charge in [0.25, 0.3) is 0 Å². The average Bonchev–Trinajstić information content (AvgIpc) is 2.66. The minimum atomic E-state index is -4.38. The van der Waals surface area contributed by atoms with Gasteiger partial charge in [-0.1, -0.05) is 0 Å². The number of carbonyl (C=O) groups excluding carboxylic acids is 1. The van der Waals surface area contributed by atoms with Crippen LogP contribution in [0.1, 0.15) is 38.2 Å². The van der Waals surface area contributed by atoms with Gasteiger partial charge in [-0.05, 0) is 44.2 Å². The molecule has 1 aromatic heterocycles. The van der Waals surface area contributed by atoms with E-state index in [1.165, 1.54) is 6.07 Å². The number of rotatable bonds is 8. The Morgan fingerprint density at radius 1 is 1.40 bits per heavy atom. The summed E-state index contributed by atoms with van der Waals surface area (Å²) in [5.74, 6) is 1.19. The Kier molecular flexibility index (Phi) is 11.2. The number of hydrogen-bond acceptors (Lipinski definition) is 4. The summed E-state index contributed by atoms with van der Waals surface area (Å²) in [4.78, 5) is 21.8. The fourth-order valence-corrected chi connectivity index (χ4v) is 3.28. The molecule has 2 heterocycles. The molecule has 0 aromatic carbocycles. The molecule has 1 saturated heterocycles. The Balaban J connectivity index is 0.00000450. The van der Waals surface area contributed by atoms with Gasteiger partial charge in [-0.15, -0.1) is 24.0 Å². The Morgan fingerprint density at radius 2 is 2.17 bits per heavy atom. The summed E-state index contributed by atoms with van der Waals surface area (Å²) in [5, 5.41) is 6.28. The molecule has 170 valence electrons. The van der Waals surface area contributed by atoms with Gasteiger partial charge in [-0.3, -0.25) is 9.79 Å². The van der Waals surface area contributed by atoms with Crippen LogP contribution in [0.4, 0.5) is 19.0 Å². The van der Waals surface area contributed by atoms with E-state index >= 15 is 0 Å². The van der Waals surface area contributed by atoms with Gasteiger partial charge in [0.2, 0.25) is 5.91 Å². The molecule has 1 unspecified atom stereocenters. The maximum atomic E-state index is 12.5. The minimum Gasteiger partial charge on any atom is -0.370 e. The molecule has 30 heavy (non-hydrogen) atoms. The van der Waals surface area contributed by atoms with Crippen molar-refractivity contribution in [1.29, 1.82) is 0 Å². The quantitative estimate of drug-likeness (QED) is 0.203. The highest BCUT2D eigenvalue weighted by Crippen LogP contribution is 2.28. The zero-order chi connectivity index (χ0) is 21.3. The molecule has 1 fully saturated rings. The lowest BCUT2D eigenvalue weighted by atomic mass is 9.95. The van der Waals surface area contributed by atoms with Gasteiger partial charge in [0.1, 0.15) is 5.82 Å². The number of pyridine rings is 1. The number of nitrogens with one attached hydrogen (secondary N) is 2. The first-order valence-corrected chi connectivity index (χ1v) is 9.88. The third-order valence-corrected chi connectivity index (χ3v) is 4.64. The van der Waals surface area contributed by atoms with Crippen LogP contribution >= 0.6 is 24.0 Å². The van der Waals surface area contributed by atoms with Crippen molar-refractivity contribution in [1.82, 2.24) is 15.2 Å². The second kappa shape index (κ2) is 12.8. The van der Waals surface area contributed by atoms with Crippen LogP contribution in [0.2, 0.25) is 0 Å². The van der Waals surface area contributed by atoms with Crippen molar-refractivity contribution in [2.75, 3.05) is 38.0 Å². The third kappa shape index (κ3) is 8.92. The highest BCUT2D eigenvalue weighted by Gasteiger charge is 2.30. The average molecular weight is 542 g/mol. The van der Waals surface area contributed by atoms with Gasteiger partial charge in [-0.25, -0.2) is 4.98 Å². The van der Waals surface area contributed by atoms with E-state index in [9.17, 15) is 18.0 Å². The van der Waals surface area contributed by atoms with Gasteiger partial charge in [0, 0.05) is 45.3 Å². The molecular formula is C19H30F3IN6O. The molecule has 7 nitrogen and oxygen atoms in total. The number of likely N-dealkylation sites (tertiary alicyclic amines) is 1. The van der Waals surface area contributed by atoms with Crippen molar-refractivity contribution in [3.63, 3.8) is 0 Å². The number of guanidine groups is 1. The highest BCUT2D eigenvalue weighted by atomic mass is 127. The summed E-state index contributed by atoms with van der Waals surface area (Å²) in [6.45, 7) is 5.48. The zero-order valence-electron chi connectivity index (χ0n) is 17.0. The van der Waals surface area contributed by atoms with Gasteiger partial charge < -0.3 is 21.3 Å². The van der Waals surface area contributed by atoms with E-state index in [1.54, 1.807) is 0 Å². The number of nitrogens with zero attached hydrogens (tertiary/aromatic N) is 3. The number of nitrogens with two attached hydrogens (primary N) is 1. The first-order chi connectivity index (χ1) is 13.8. The number of alkyl halides is 3. The molecule has 1 aliphatic heterocycles. The van der Waals surface area contributed by atoms with E-state index in [1.807, 2.05) is 6.92 Å². The van der Waals surface area contributed by atoms with Crippen LogP contribution in [0.25, 0.3) is 0 Å². The molecule has 4 N–H and O–H groups in total. The number of anilines is 1. The topological polar surface area (TPSA) is 95.6 Å². The normalized spacial score (nSPS) is 17.3. The zero-order valence-corrected chi connectivity index (χ0v) is 19.4. The van der Waals surface area contributed by atoms with Gasteiger partial charge >= 0.3 is 6.18 Å². The highest BCUT2D eigenvalue weighted by molar-refractivity contribution is 14.0. The third-order valence-electron chi connectivity index (χ3n) is 4.64. The molecule has 0 radical (unpaired) electrons. The van der Waals surface area contributed by atoms with Gasteiger partial charge in [0.05, 0.1) is 5.56 Å². The summed E-state index contributed by atoms with van der Waals surface area (Å²) in [5.41, 5.74) is 4.56. The minimum absolute atomic E-state index is 0. The molecular weight excluding hydrogens is 512 g/mol. The van der Waals surface area contributed by atoms with Crippen molar-refractivity contribution < 1.29 is 18.0 Å². The number of aliphatic imine (C=N–C) groups is 1. The Hall–Kier alpha value is -1.79. The van der Waals surface area contributed by atoms with Crippen LogP contribution in [0, 0.1) is 5.92 Å². The van der Waals surface area contributed by atoms with Crippen molar-refractivity contribution in [2.45, 2.75) is 38.8 Å². The van der Waals surface area contributed by atoms with Crippen molar-refractivity contribution in [2.24, 2.45) is 16.6 Å². The Morgan fingerprint density at radius 3 is 2.77 bits per heavy atom. The standard InChI is InChI=1S/C19H29F3N6O.HI/c1-2-24-18(28-10-3-5-14(13-28)11-16(23)29)26-9-4-8-25-17-7-6-15(12-27-17)19(20,21)22;/h6-7,12,14H,2-5,8-11,13H2,1H3,(H2,23,29)(H,24,26)(H,25,27);1H. The van der Waals surface area contributed by atoms with E-state index in [0.717, 1.165) is 50.7 Å². The number of halogens is 4. The number of primary amides is 1. The van der Waals surface area contributed by atoms with Crippen molar-refractivity contribution in [3.8, 4) is 0 Å². The lowest BCUT2D eigenvalue weighted by Gasteiger charge is -2.34. The first-order valence-electron chi connectivity index (χ1n) is 9.88. The summed E-state index contributed by atoms with van der Waals surface area (Å²) in [7, 11) is 0. The number of aromatic nitrogens is 1. The van der Waals surface area contributed by atoms with Crippen molar-refractivity contribution in [3.05, 3.63) is 23.9 Å². The molecule has 0 saturated carbocycles. The molecule has 1 amide bonds. The van der Waals surface area contributed by atoms with Gasteiger partial charge in [0.15, 0.2) is 5.96 Å². The predicted octanol–water partition coefficient (Wildman–Crippen LogP) is 3.07. The lowest BCUT2D eigenvalue weighted by Crippen LogP contribution is -2.47. The van der Waals surface area contributed by atoms with E-state index in [-0.39, 0.29) is 35.8 Å². The molecule has 1 atom stereocenters.